The van der Waals surface area contributed by atoms with Crippen molar-refractivity contribution in [2.24, 2.45) is 10.9 Å². The number of methoxy groups -OCH3 is 1. The molecule has 0 aliphatic carbocycles. The minimum Gasteiger partial charge on any atom is -0.481 e. The number of nitrogens with zero attached hydrogens (tertiary/aromatic N) is 2. The summed E-state index contributed by atoms with van der Waals surface area (Å²) < 4.78 is 11.3. The molecule has 1 saturated heterocycles. The van der Waals surface area contributed by atoms with Crippen LogP contribution in [0, 0.1) is 5.92 Å². The lowest BCUT2D eigenvalue weighted by Crippen LogP contribution is -2.42. The number of hydrogen-bond donors (Lipinski definition) is 2. The van der Waals surface area contributed by atoms with Crippen molar-refractivity contribution in [2.45, 2.75) is 25.3 Å². The van der Waals surface area contributed by atoms with E-state index in [0.717, 1.165) is 42.1 Å². The molecule has 174 valence electrons. The molecule has 5 rings (SSSR count). The van der Waals surface area contributed by atoms with Crippen LogP contribution in [-0.4, -0.2) is 36.3 Å². The van der Waals surface area contributed by atoms with Crippen LogP contribution in [0.3, 0.4) is 0 Å². The number of hydrogen-bond acceptors (Lipinski definition) is 6. The molecule has 2 aromatic carbocycles. The van der Waals surface area contributed by atoms with E-state index in [1.165, 1.54) is 0 Å². The fourth-order valence-corrected chi connectivity index (χ4v) is 4.64. The zero-order valence-electron chi connectivity index (χ0n) is 18.8. The van der Waals surface area contributed by atoms with Crippen molar-refractivity contribution in [3.8, 4) is 17.4 Å². The standard InChI is InChI=1S/C26H25ClN4O3/c1-33-25-9-7-18(15-29-25)30-24(32)14-19-12-16(10-11-28-19)26-20-4-2-3-5-22(20)34-23-8-6-17(27)13-21(23)31-26/h2-9,13,15-16,19,28H,10-12,14H2,1H3,(H,30,32)/t16?,19-/m1/s1. The summed E-state index contributed by atoms with van der Waals surface area (Å²) in [7, 11) is 1.56. The van der Waals surface area contributed by atoms with Crippen LogP contribution in [0.15, 0.2) is 65.8 Å². The number of piperidine rings is 1. The zero-order valence-corrected chi connectivity index (χ0v) is 19.5. The van der Waals surface area contributed by atoms with Crippen molar-refractivity contribution >= 4 is 34.6 Å². The normalized spacial score (nSPS) is 19.1. The van der Waals surface area contributed by atoms with E-state index in [2.05, 4.69) is 15.6 Å². The first-order valence-electron chi connectivity index (χ1n) is 11.3. The molecule has 0 radical (unpaired) electrons. The van der Waals surface area contributed by atoms with Crippen molar-refractivity contribution in [1.82, 2.24) is 10.3 Å². The molecule has 1 aromatic heterocycles. The molecule has 3 aromatic rings. The van der Waals surface area contributed by atoms with Crippen LogP contribution in [0.5, 0.6) is 17.4 Å². The molecular weight excluding hydrogens is 452 g/mol. The van der Waals surface area contributed by atoms with Gasteiger partial charge in [-0.2, -0.15) is 0 Å². The van der Waals surface area contributed by atoms with Crippen molar-refractivity contribution in [3.63, 3.8) is 0 Å². The second-order valence-corrected chi connectivity index (χ2v) is 8.86. The van der Waals surface area contributed by atoms with Gasteiger partial charge in [-0.3, -0.25) is 4.79 Å². The smallest absolute Gasteiger partial charge is 0.225 e. The van der Waals surface area contributed by atoms with E-state index in [-0.39, 0.29) is 17.9 Å². The van der Waals surface area contributed by atoms with Gasteiger partial charge in [-0.15, -0.1) is 0 Å². The maximum atomic E-state index is 12.7. The molecule has 2 N–H and O–H groups in total. The largest absolute Gasteiger partial charge is 0.481 e. The number of aliphatic imine (C=N–C) groups is 1. The molecule has 3 heterocycles. The van der Waals surface area contributed by atoms with Crippen molar-refractivity contribution < 1.29 is 14.3 Å². The fourth-order valence-electron chi connectivity index (χ4n) is 4.47. The number of carbonyl (C=O) groups is 1. The molecule has 7 nitrogen and oxygen atoms in total. The summed E-state index contributed by atoms with van der Waals surface area (Å²) in [6.07, 6.45) is 3.66. The van der Waals surface area contributed by atoms with E-state index in [1.54, 1.807) is 31.5 Å². The van der Waals surface area contributed by atoms with Gasteiger partial charge in [0.25, 0.3) is 0 Å². The maximum absolute atomic E-state index is 12.7. The third-order valence-electron chi connectivity index (χ3n) is 6.09. The van der Waals surface area contributed by atoms with Gasteiger partial charge in [0.1, 0.15) is 11.4 Å². The van der Waals surface area contributed by atoms with E-state index < -0.39 is 0 Å². The number of aromatic nitrogens is 1. The minimum absolute atomic E-state index is 0.0304. The highest BCUT2D eigenvalue weighted by Gasteiger charge is 2.30. The first-order valence-corrected chi connectivity index (χ1v) is 11.7. The van der Waals surface area contributed by atoms with Gasteiger partial charge in [-0.05, 0) is 55.8 Å². The quantitative estimate of drug-likeness (QED) is 0.517. The summed E-state index contributed by atoms with van der Waals surface area (Å²) in [5, 5.41) is 7.02. The Hall–Kier alpha value is -3.42. The molecule has 2 aliphatic heterocycles. The lowest BCUT2D eigenvalue weighted by atomic mass is 9.84. The van der Waals surface area contributed by atoms with Crippen molar-refractivity contribution in [1.29, 1.82) is 0 Å². The highest BCUT2D eigenvalue weighted by molar-refractivity contribution is 6.31. The lowest BCUT2D eigenvalue weighted by Gasteiger charge is -2.31. The molecule has 0 spiro atoms. The Morgan fingerprint density at radius 2 is 2.09 bits per heavy atom. The van der Waals surface area contributed by atoms with Crippen LogP contribution < -0.4 is 20.1 Å². The predicted octanol–water partition coefficient (Wildman–Crippen LogP) is 5.37. The molecule has 0 saturated carbocycles. The topological polar surface area (TPSA) is 84.8 Å². The lowest BCUT2D eigenvalue weighted by molar-refractivity contribution is -0.116. The van der Waals surface area contributed by atoms with E-state index >= 15 is 0 Å². The zero-order chi connectivity index (χ0) is 23.5. The van der Waals surface area contributed by atoms with Crippen LogP contribution in [0.1, 0.15) is 24.8 Å². The third-order valence-corrected chi connectivity index (χ3v) is 6.32. The highest BCUT2D eigenvalue weighted by Crippen LogP contribution is 2.41. The summed E-state index contributed by atoms with van der Waals surface area (Å²) in [6, 6.07) is 17.0. The molecule has 34 heavy (non-hydrogen) atoms. The van der Waals surface area contributed by atoms with Crippen LogP contribution in [0.4, 0.5) is 11.4 Å². The molecule has 1 unspecified atom stereocenters. The number of fused-ring (bicyclic) bond motifs is 2. The summed E-state index contributed by atoms with van der Waals surface area (Å²) in [6.45, 7) is 0.803. The van der Waals surface area contributed by atoms with Gasteiger partial charge in [0.2, 0.25) is 11.8 Å². The number of ether oxygens (including phenoxy) is 2. The number of para-hydroxylation sites is 1. The fraction of sp³-hybridized carbons (Fsp3) is 0.269. The summed E-state index contributed by atoms with van der Waals surface area (Å²) in [5.74, 6) is 2.09. The van der Waals surface area contributed by atoms with Crippen LogP contribution in [-0.2, 0) is 4.79 Å². The van der Waals surface area contributed by atoms with Crippen LogP contribution >= 0.6 is 11.6 Å². The number of amides is 1. The Morgan fingerprint density at radius 3 is 2.91 bits per heavy atom. The molecule has 2 aliphatic rings. The molecule has 1 amide bonds. The van der Waals surface area contributed by atoms with Gasteiger partial charge in [-0.1, -0.05) is 23.7 Å². The Morgan fingerprint density at radius 1 is 1.21 bits per heavy atom. The number of nitrogens with one attached hydrogen (secondary N) is 2. The van der Waals surface area contributed by atoms with E-state index in [1.807, 2.05) is 36.4 Å². The second kappa shape index (κ2) is 9.83. The van der Waals surface area contributed by atoms with Gasteiger partial charge in [0.15, 0.2) is 5.75 Å². The van der Waals surface area contributed by atoms with Gasteiger partial charge >= 0.3 is 0 Å². The van der Waals surface area contributed by atoms with E-state index in [4.69, 9.17) is 26.1 Å². The van der Waals surface area contributed by atoms with Crippen molar-refractivity contribution in [2.75, 3.05) is 19.0 Å². The molecule has 1 fully saturated rings. The number of rotatable bonds is 5. The monoisotopic (exact) mass is 476 g/mol. The number of pyridine rings is 1. The third kappa shape index (κ3) is 4.90. The summed E-state index contributed by atoms with van der Waals surface area (Å²) in [5.41, 5.74) is 3.32. The molecular formula is C26H25ClN4O3. The average Bonchev–Trinajstić information content (AvgIpc) is 3.01. The first-order chi connectivity index (χ1) is 16.6. The van der Waals surface area contributed by atoms with Gasteiger partial charge < -0.3 is 20.1 Å². The van der Waals surface area contributed by atoms with Crippen LogP contribution in [0.25, 0.3) is 0 Å². The number of carbonyl (C=O) groups excluding carboxylic acids is 1. The Kier molecular flexibility index (Phi) is 6.47. The first kappa shape index (κ1) is 22.4. The highest BCUT2D eigenvalue weighted by atomic mass is 35.5. The van der Waals surface area contributed by atoms with Crippen LogP contribution in [0.2, 0.25) is 5.02 Å². The Bertz CT molecular complexity index is 1230. The van der Waals surface area contributed by atoms with Gasteiger partial charge in [-0.25, -0.2) is 9.98 Å². The predicted molar refractivity (Wildman–Crippen MR) is 133 cm³/mol. The van der Waals surface area contributed by atoms with Gasteiger partial charge in [0.05, 0.1) is 24.7 Å². The number of benzene rings is 2. The minimum atomic E-state index is -0.0613. The maximum Gasteiger partial charge on any atom is 0.225 e. The number of anilines is 1. The Labute approximate surface area is 203 Å². The van der Waals surface area contributed by atoms with Crippen molar-refractivity contribution in [3.05, 3.63) is 71.4 Å². The SMILES string of the molecule is COc1ccc(NC(=O)C[C@H]2CC(C3=Nc4cc(Cl)ccc4Oc4ccccc43)CCN2)cn1. The molecule has 0 bridgehead atoms. The summed E-state index contributed by atoms with van der Waals surface area (Å²) >= 11 is 6.25. The van der Waals surface area contributed by atoms with Gasteiger partial charge in [0, 0.05) is 35.0 Å². The Balaban J connectivity index is 1.34. The molecule has 8 heteroatoms. The van der Waals surface area contributed by atoms with E-state index in [9.17, 15) is 4.79 Å². The second-order valence-electron chi connectivity index (χ2n) is 8.42. The number of halogens is 1. The van der Waals surface area contributed by atoms with E-state index in [0.29, 0.717) is 28.8 Å². The average molecular weight is 477 g/mol. The molecule has 2 atom stereocenters. The summed E-state index contributed by atoms with van der Waals surface area (Å²) in [4.78, 5) is 21.9.